The fourth-order valence-electron chi connectivity index (χ4n) is 0.491. The second kappa shape index (κ2) is 2.58. The molecular weight excluding hydrogens is 211 g/mol. The number of hydrogen-bond acceptors (Lipinski definition) is 0. The summed E-state index contributed by atoms with van der Waals surface area (Å²) in [7, 11) is 0. The van der Waals surface area contributed by atoms with Gasteiger partial charge in [-0.3, -0.25) is 0 Å². The van der Waals surface area contributed by atoms with Gasteiger partial charge in [0.25, 0.3) is 0 Å². The van der Waals surface area contributed by atoms with E-state index in [1.807, 2.05) is 0 Å². The molecule has 0 N–H and O–H groups in total. The Kier molecular flexibility index (Phi) is 2.00. The van der Waals surface area contributed by atoms with Crippen molar-refractivity contribution in [3.8, 4) is 0 Å². The molecule has 0 aromatic heterocycles. The summed E-state index contributed by atoms with van der Waals surface area (Å²) >= 11 is 0.280. The summed E-state index contributed by atoms with van der Waals surface area (Å²) in [6, 6.07) is 0. The Bertz CT molecular complexity index is 153. The summed E-state index contributed by atoms with van der Waals surface area (Å²) in [4.78, 5) is 0. The maximum atomic E-state index is 2.36. The molecule has 0 spiro atoms. The third kappa shape index (κ3) is 1.54. The van der Waals surface area contributed by atoms with Crippen LogP contribution in [0.4, 0.5) is 0 Å². The molecule has 0 saturated heterocycles. The molecule has 0 aliphatic carbocycles. The van der Waals surface area contributed by atoms with Crippen LogP contribution in [0, 0.1) is 0 Å². The molecular formula is C7H9I. The van der Waals surface area contributed by atoms with Crippen molar-refractivity contribution in [3.63, 3.8) is 0 Å². The molecule has 0 amide bonds. The van der Waals surface area contributed by atoms with Crippen LogP contribution in [-0.4, -0.2) is 4.01 Å². The molecule has 0 nitrogen and oxygen atoms in total. The Hall–Kier alpha value is 0.0800. The van der Waals surface area contributed by atoms with E-state index in [4.69, 9.17) is 0 Å². The standard InChI is InChI=1S/C7H9I/c1-6-3-4-7(2)8-5-6/h3-5H,1-2H3. The summed E-state index contributed by atoms with van der Waals surface area (Å²) in [5.41, 5.74) is 1.43. The van der Waals surface area contributed by atoms with Gasteiger partial charge in [-0.05, 0) is 27.0 Å². The third-order valence-electron chi connectivity index (χ3n) is 0.975. The number of rotatable bonds is 0. The van der Waals surface area contributed by atoms with Crippen molar-refractivity contribution in [1.29, 1.82) is 0 Å². The highest BCUT2D eigenvalue weighted by atomic mass is 127. The minimum Gasteiger partial charge on any atom is -0.0902 e. The topological polar surface area (TPSA) is 0 Å². The van der Waals surface area contributed by atoms with Crippen molar-refractivity contribution in [1.82, 2.24) is 0 Å². The van der Waals surface area contributed by atoms with Gasteiger partial charge < -0.3 is 0 Å². The molecule has 0 fully saturated rings. The first-order valence-electron chi connectivity index (χ1n) is 2.61. The highest BCUT2D eigenvalue weighted by molar-refractivity contribution is 14.2. The van der Waals surface area contributed by atoms with E-state index in [0.717, 1.165) is 0 Å². The molecule has 0 unspecified atom stereocenters. The average Bonchev–Trinajstić information content (AvgIpc) is 1.77. The van der Waals surface area contributed by atoms with Gasteiger partial charge in [0.2, 0.25) is 0 Å². The van der Waals surface area contributed by atoms with E-state index < -0.39 is 0 Å². The molecule has 0 saturated carbocycles. The van der Waals surface area contributed by atoms with Crippen LogP contribution < -0.4 is 0 Å². The van der Waals surface area contributed by atoms with Crippen LogP contribution in [0.2, 0.25) is 0 Å². The molecule has 1 rings (SSSR count). The first kappa shape index (κ1) is 6.20. The Balaban J connectivity index is 2.86. The fraction of sp³-hybridized carbons (Fsp3) is 0.286. The maximum Gasteiger partial charge on any atom is -0.0178 e. The van der Waals surface area contributed by atoms with Crippen LogP contribution in [0.25, 0.3) is 0 Å². The Morgan fingerprint density at radius 1 is 1.25 bits per heavy atom. The van der Waals surface area contributed by atoms with Crippen LogP contribution in [0.3, 0.4) is 0 Å². The SMILES string of the molecule is CC1=CC=C(C)I=C1. The molecule has 8 heavy (non-hydrogen) atoms. The van der Waals surface area contributed by atoms with Gasteiger partial charge in [-0.1, -0.05) is 32.9 Å². The van der Waals surface area contributed by atoms with E-state index in [1.54, 1.807) is 3.58 Å². The van der Waals surface area contributed by atoms with Crippen molar-refractivity contribution in [2.45, 2.75) is 13.8 Å². The predicted molar refractivity (Wildman–Crippen MR) is 47.6 cm³/mol. The quantitative estimate of drug-likeness (QED) is 0.550. The zero-order chi connectivity index (χ0) is 5.98. The van der Waals surface area contributed by atoms with Gasteiger partial charge in [-0.25, -0.2) is 0 Å². The minimum atomic E-state index is 0.280. The first-order valence-corrected chi connectivity index (χ1v) is 4.93. The van der Waals surface area contributed by atoms with Crippen LogP contribution in [0.1, 0.15) is 13.8 Å². The lowest BCUT2D eigenvalue weighted by molar-refractivity contribution is 1.61. The van der Waals surface area contributed by atoms with E-state index in [-0.39, 0.29) is 20.7 Å². The van der Waals surface area contributed by atoms with Crippen molar-refractivity contribution in [3.05, 3.63) is 21.3 Å². The Morgan fingerprint density at radius 3 is 2.38 bits per heavy atom. The largest absolute Gasteiger partial charge is 0.0902 e. The molecule has 1 aliphatic rings. The van der Waals surface area contributed by atoms with Crippen LogP contribution >= 0.6 is 20.7 Å². The molecule has 0 aromatic rings. The lowest BCUT2D eigenvalue weighted by Crippen LogP contribution is -1.76. The minimum absolute atomic E-state index is 0.280. The van der Waals surface area contributed by atoms with Gasteiger partial charge in [0.1, 0.15) is 0 Å². The summed E-state index contributed by atoms with van der Waals surface area (Å²) < 4.78 is 3.92. The number of hydrogen-bond donors (Lipinski definition) is 0. The first-order chi connectivity index (χ1) is 3.79. The smallest absolute Gasteiger partial charge is 0.0178 e. The molecule has 0 atom stereocenters. The summed E-state index contributed by atoms with van der Waals surface area (Å²) in [5.74, 6) is 0. The average molecular weight is 220 g/mol. The van der Waals surface area contributed by atoms with Gasteiger partial charge in [0, 0.05) is 0 Å². The molecule has 1 aliphatic heterocycles. The summed E-state index contributed by atoms with van der Waals surface area (Å²) in [5, 5.41) is 0. The molecule has 0 radical (unpaired) electrons. The van der Waals surface area contributed by atoms with Gasteiger partial charge in [0.15, 0.2) is 0 Å². The van der Waals surface area contributed by atoms with Gasteiger partial charge in [-0.2, -0.15) is 0 Å². The normalized spacial score (nSPS) is 18.8. The van der Waals surface area contributed by atoms with Crippen LogP contribution in [0.5, 0.6) is 0 Å². The number of halogens is 1. The highest BCUT2D eigenvalue weighted by Crippen LogP contribution is 2.17. The van der Waals surface area contributed by atoms with Crippen molar-refractivity contribution in [2.24, 2.45) is 0 Å². The van der Waals surface area contributed by atoms with E-state index in [2.05, 4.69) is 30.0 Å². The summed E-state index contributed by atoms with van der Waals surface area (Å²) in [6.45, 7) is 4.36. The van der Waals surface area contributed by atoms with Crippen molar-refractivity contribution >= 4 is 24.7 Å². The van der Waals surface area contributed by atoms with Crippen LogP contribution in [-0.2, 0) is 0 Å². The molecule has 0 bridgehead atoms. The van der Waals surface area contributed by atoms with Gasteiger partial charge in [0.05, 0.1) is 0 Å². The maximum absolute atomic E-state index is 2.36. The van der Waals surface area contributed by atoms with E-state index in [0.29, 0.717) is 0 Å². The monoisotopic (exact) mass is 220 g/mol. The number of allylic oxidation sites excluding steroid dienone is 4. The molecule has 1 heteroatoms. The fourth-order valence-corrected chi connectivity index (χ4v) is 2.07. The van der Waals surface area contributed by atoms with Gasteiger partial charge >= 0.3 is 0 Å². The van der Waals surface area contributed by atoms with E-state index >= 15 is 0 Å². The predicted octanol–water partition coefficient (Wildman–Crippen LogP) is 2.62. The van der Waals surface area contributed by atoms with E-state index in [9.17, 15) is 0 Å². The zero-order valence-electron chi connectivity index (χ0n) is 5.11. The second-order valence-electron chi connectivity index (χ2n) is 1.88. The van der Waals surface area contributed by atoms with Crippen molar-refractivity contribution in [2.75, 3.05) is 0 Å². The third-order valence-corrected chi connectivity index (χ3v) is 3.61. The lowest BCUT2D eigenvalue weighted by Gasteiger charge is -1.95. The van der Waals surface area contributed by atoms with E-state index in [1.165, 1.54) is 5.57 Å². The molecule has 44 valence electrons. The Morgan fingerprint density at radius 2 is 2.00 bits per heavy atom. The zero-order valence-corrected chi connectivity index (χ0v) is 7.27. The lowest BCUT2D eigenvalue weighted by atomic mass is 10.3. The molecule has 0 aromatic carbocycles. The second-order valence-corrected chi connectivity index (χ2v) is 4.83. The van der Waals surface area contributed by atoms with Crippen molar-refractivity contribution < 1.29 is 0 Å². The van der Waals surface area contributed by atoms with Gasteiger partial charge in [-0.15, -0.1) is 0 Å². The van der Waals surface area contributed by atoms with Crippen LogP contribution in [0.15, 0.2) is 21.3 Å². The molecule has 1 heterocycles. The Labute approximate surface area is 60.0 Å². The summed E-state index contributed by atoms with van der Waals surface area (Å²) in [6.07, 6.45) is 4.40. The highest BCUT2D eigenvalue weighted by Gasteiger charge is 1.87.